The van der Waals surface area contributed by atoms with Crippen LogP contribution in [0.1, 0.15) is 26.7 Å². The molecule has 1 heterocycles. The van der Waals surface area contributed by atoms with Gasteiger partial charge in [-0.1, -0.05) is 6.92 Å². The lowest BCUT2D eigenvalue weighted by Crippen LogP contribution is -2.44. The van der Waals surface area contributed by atoms with Crippen molar-refractivity contribution in [3.8, 4) is 0 Å². The first-order valence-corrected chi connectivity index (χ1v) is 4.11. The third-order valence-corrected chi connectivity index (χ3v) is 2.28. The van der Waals surface area contributed by atoms with Gasteiger partial charge >= 0.3 is 0 Å². The first kappa shape index (κ1) is 8.02. The highest BCUT2D eigenvalue weighted by molar-refractivity contribution is 4.79. The normalized spacial score (nSPS) is 37.5. The molecular weight excluding hydrogens is 126 g/mol. The van der Waals surface area contributed by atoms with Crippen molar-refractivity contribution in [2.75, 3.05) is 6.54 Å². The van der Waals surface area contributed by atoms with Gasteiger partial charge in [-0.15, -0.1) is 0 Å². The largest absolute Gasteiger partial charge is 0.392 e. The van der Waals surface area contributed by atoms with E-state index in [1.165, 1.54) is 6.42 Å². The molecule has 0 aliphatic carbocycles. The fourth-order valence-corrected chi connectivity index (χ4v) is 1.52. The summed E-state index contributed by atoms with van der Waals surface area (Å²) in [6.45, 7) is 5.17. The number of hydrogen-bond acceptors (Lipinski definition) is 2. The summed E-state index contributed by atoms with van der Waals surface area (Å²) >= 11 is 0. The summed E-state index contributed by atoms with van der Waals surface area (Å²) in [5, 5.41) is 12.5. The van der Waals surface area contributed by atoms with Crippen LogP contribution in [-0.2, 0) is 0 Å². The highest BCUT2D eigenvalue weighted by Crippen LogP contribution is 2.16. The van der Waals surface area contributed by atoms with Crippen LogP contribution in [0.3, 0.4) is 0 Å². The van der Waals surface area contributed by atoms with Crippen LogP contribution in [0.15, 0.2) is 0 Å². The first-order chi connectivity index (χ1) is 4.70. The average Bonchev–Trinajstić information content (AvgIpc) is 1.88. The number of nitrogens with one attached hydrogen (secondary N) is 1. The van der Waals surface area contributed by atoms with Gasteiger partial charge in [0.15, 0.2) is 0 Å². The lowest BCUT2D eigenvalue weighted by Gasteiger charge is -2.29. The van der Waals surface area contributed by atoms with E-state index >= 15 is 0 Å². The van der Waals surface area contributed by atoms with E-state index in [1.807, 2.05) is 6.92 Å². The fourth-order valence-electron chi connectivity index (χ4n) is 1.52. The third kappa shape index (κ3) is 1.96. The molecule has 3 atom stereocenters. The Morgan fingerprint density at radius 2 is 2.30 bits per heavy atom. The van der Waals surface area contributed by atoms with Crippen molar-refractivity contribution in [1.29, 1.82) is 0 Å². The average molecular weight is 143 g/mol. The van der Waals surface area contributed by atoms with Gasteiger partial charge in [-0.2, -0.15) is 0 Å². The number of piperidine rings is 1. The zero-order chi connectivity index (χ0) is 7.56. The zero-order valence-corrected chi connectivity index (χ0v) is 6.80. The number of aliphatic hydroxyl groups excluding tert-OH is 1. The van der Waals surface area contributed by atoms with Gasteiger partial charge in [-0.05, 0) is 32.2 Å². The summed E-state index contributed by atoms with van der Waals surface area (Å²) in [4.78, 5) is 0. The molecule has 0 aromatic heterocycles. The van der Waals surface area contributed by atoms with Crippen molar-refractivity contribution in [3.63, 3.8) is 0 Å². The lowest BCUT2D eigenvalue weighted by molar-refractivity contribution is 0.116. The molecule has 2 N–H and O–H groups in total. The second-order valence-electron chi connectivity index (χ2n) is 3.43. The van der Waals surface area contributed by atoms with Crippen molar-refractivity contribution >= 4 is 0 Å². The second-order valence-corrected chi connectivity index (χ2v) is 3.43. The van der Waals surface area contributed by atoms with Crippen LogP contribution in [0.25, 0.3) is 0 Å². The predicted octanol–water partition coefficient (Wildman–Crippen LogP) is 0.755. The van der Waals surface area contributed by atoms with Crippen molar-refractivity contribution < 1.29 is 5.11 Å². The Labute approximate surface area is 62.6 Å². The SMILES string of the molecule is C[C@@H]1CCN[C@H]([C@H](C)O)C1. The predicted molar refractivity (Wildman–Crippen MR) is 41.9 cm³/mol. The lowest BCUT2D eigenvalue weighted by atomic mass is 9.92. The van der Waals surface area contributed by atoms with Gasteiger partial charge in [0.05, 0.1) is 6.10 Å². The quantitative estimate of drug-likeness (QED) is 0.568. The van der Waals surface area contributed by atoms with Crippen LogP contribution < -0.4 is 5.32 Å². The summed E-state index contributed by atoms with van der Waals surface area (Å²) in [6, 6.07) is 0.337. The molecule has 10 heavy (non-hydrogen) atoms. The van der Waals surface area contributed by atoms with Crippen LogP contribution >= 0.6 is 0 Å². The van der Waals surface area contributed by atoms with Crippen LogP contribution in [0.4, 0.5) is 0 Å². The second kappa shape index (κ2) is 3.35. The van der Waals surface area contributed by atoms with Gasteiger partial charge in [-0.3, -0.25) is 0 Å². The van der Waals surface area contributed by atoms with E-state index in [4.69, 9.17) is 0 Å². The van der Waals surface area contributed by atoms with Crippen molar-refractivity contribution in [3.05, 3.63) is 0 Å². The molecule has 0 unspecified atom stereocenters. The molecule has 2 nitrogen and oxygen atoms in total. The van der Waals surface area contributed by atoms with Gasteiger partial charge in [0.2, 0.25) is 0 Å². The Morgan fingerprint density at radius 1 is 1.60 bits per heavy atom. The topological polar surface area (TPSA) is 32.3 Å². The Morgan fingerprint density at radius 3 is 2.70 bits per heavy atom. The molecule has 1 fully saturated rings. The van der Waals surface area contributed by atoms with E-state index in [-0.39, 0.29) is 6.10 Å². The van der Waals surface area contributed by atoms with Crippen LogP contribution in [0.2, 0.25) is 0 Å². The molecule has 0 aromatic rings. The molecule has 0 aromatic carbocycles. The third-order valence-electron chi connectivity index (χ3n) is 2.28. The molecule has 0 bridgehead atoms. The minimum absolute atomic E-state index is 0.192. The summed E-state index contributed by atoms with van der Waals surface area (Å²) in [6.07, 6.45) is 2.18. The molecule has 1 saturated heterocycles. The van der Waals surface area contributed by atoms with Crippen molar-refractivity contribution in [2.24, 2.45) is 5.92 Å². The summed E-state index contributed by atoms with van der Waals surface area (Å²) in [5.41, 5.74) is 0. The molecule has 1 rings (SSSR count). The van der Waals surface area contributed by atoms with E-state index in [9.17, 15) is 5.11 Å². The van der Waals surface area contributed by atoms with E-state index < -0.39 is 0 Å². The van der Waals surface area contributed by atoms with Gasteiger partial charge in [0, 0.05) is 6.04 Å². The molecule has 60 valence electrons. The Kier molecular flexibility index (Phi) is 2.69. The maximum absolute atomic E-state index is 9.23. The molecule has 0 radical (unpaired) electrons. The highest BCUT2D eigenvalue weighted by Gasteiger charge is 2.21. The van der Waals surface area contributed by atoms with Crippen LogP contribution in [0, 0.1) is 5.92 Å². The molecule has 1 aliphatic rings. The van der Waals surface area contributed by atoms with Gasteiger partial charge in [-0.25, -0.2) is 0 Å². The summed E-state index contributed by atoms with van der Waals surface area (Å²) < 4.78 is 0. The van der Waals surface area contributed by atoms with Gasteiger partial charge < -0.3 is 10.4 Å². The van der Waals surface area contributed by atoms with E-state index in [0.29, 0.717) is 6.04 Å². The summed E-state index contributed by atoms with van der Waals surface area (Å²) in [7, 11) is 0. The molecule has 0 amide bonds. The van der Waals surface area contributed by atoms with Gasteiger partial charge in [0.1, 0.15) is 0 Å². The standard InChI is InChI=1S/C8H17NO/c1-6-3-4-9-8(5-6)7(2)10/h6-10H,3-5H2,1-2H3/t6-,7+,8+/m1/s1. The minimum atomic E-state index is -0.192. The molecule has 2 heteroatoms. The minimum Gasteiger partial charge on any atom is -0.392 e. The van der Waals surface area contributed by atoms with Crippen LogP contribution in [-0.4, -0.2) is 23.8 Å². The zero-order valence-electron chi connectivity index (χ0n) is 6.80. The molecule has 1 aliphatic heterocycles. The first-order valence-electron chi connectivity index (χ1n) is 4.11. The summed E-state index contributed by atoms with van der Waals surface area (Å²) in [5.74, 6) is 0.779. The van der Waals surface area contributed by atoms with E-state index in [0.717, 1.165) is 18.9 Å². The van der Waals surface area contributed by atoms with Gasteiger partial charge in [0.25, 0.3) is 0 Å². The van der Waals surface area contributed by atoms with E-state index in [1.54, 1.807) is 0 Å². The Bertz CT molecular complexity index is 103. The maximum Gasteiger partial charge on any atom is 0.0665 e. The number of rotatable bonds is 1. The van der Waals surface area contributed by atoms with Crippen molar-refractivity contribution in [1.82, 2.24) is 5.32 Å². The smallest absolute Gasteiger partial charge is 0.0665 e. The highest BCUT2D eigenvalue weighted by atomic mass is 16.3. The van der Waals surface area contributed by atoms with Crippen LogP contribution in [0.5, 0.6) is 0 Å². The van der Waals surface area contributed by atoms with E-state index in [2.05, 4.69) is 12.2 Å². The monoisotopic (exact) mass is 143 g/mol. The van der Waals surface area contributed by atoms with Crippen molar-refractivity contribution in [2.45, 2.75) is 38.8 Å². The molecule has 0 saturated carbocycles. The fraction of sp³-hybridized carbons (Fsp3) is 1.00. The Hall–Kier alpha value is -0.0800. The number of hydrogen-bond donors (Lipinski definition) is 2. The molecule has 0 spiro atoms. The Balaban J connectivity index is 2.32. The number of aliphatic hydroxyl groups is 1. The molecular formula is C8H17NO. The maximum atomic E-state index is 9.23.